The van der Waals surface area contributed by atoms with Crippen molar-refractivity contribution in [2.24, 2.45) is 0 Å². The molecule has 0 unspecified atom stereocenters. The minimum atomic E-state index is -0.541. The van der Waals surface area contributed by atoms with Crippen molar-refractivity contribution in [2.75, 3.05) is 24.6 Å². The zero-order chi connectivity index (χ0) is 21.1. The molecule has 28 heavy (non-hydrogen) atoms. The van der Waals surface area contributed by atoms with Gasteiger partial charge >= 0.3 is 12.1 Å². The monoisotopic (exact) mass is 456 g/mol. The van der Waals surface area contributed by atoms with Crippen LogP contribution in [0.15, 0.2) is 4.60 Å². The average Bonchev–Trinajstić information content (AvgIpc) is 2.55. The van der Waals surface area contributed by atoms with Crippen LogP contribution in [-0.4, -0.2) is 52.9 Å². The zero-order valence-electron chi connectivity index (χ0n) is 17.4. The normalized spacial score (nSPS) is 16.5. The van der Waals surface area contributed by atoms with E-state index in [2.05, 4.69) is 31.2 Å². The van der Waals surface area contributed by atoms with Gasteiger partial charge in [0.2, 0.25) is 0 Å². The largest absolute Gasteiger partial charge is 0.461 e. The van der Waals surface area contributed by atoms with Crippen LogP contribution in [0, 0.1) is 6.92 Å². The van der Waals surface area contributed by atoms with Gasteiger partial charge in [-0.15, -0.1) is 0 Å². The van der Waals surface area contributed by atoms with Crippen molar-refractivity contribution in [2.45, 2.75) is 65.5 Å². The maximum absolute atomic E-state index is 12.3. The van der Waals surface area contributed by atoms with Crippen LogP contribution in [0.3, 0.4) is 0 Å². The second-order valence-corrected chi connectivity index (χ2v) is 8.92. The quantitative estimate of drug-likeness (QED) is 0.691. The second kappa shape index (κ2) is 8.63. The molecule has 1 aliphatic rings. The van der Waals surface area contributed by atoms with Gasteiger partial charge < -0.3 is 19.7 Å². The maximum atomic E-state index is 12.3. The number of piperidine rings is 1. The fraction of sp³-hybridized carbons (Fsp3) is 0.684. The number of rotatable bonds is 4. The molecule has 1 N–H and O–H groups in total. The van der Waals surface area contributed by atoms with Crippen molar-refractivity contribution in [1.29, 1.82) is 0 Å². The summed E-state index contributed by atoms with van der Waals surface area (Å²) in [6.07, 6.45) is 0.950. The Morgan fingerprint density at radius 3 is 2.39 bits per heavy atom. The summed E-state index contributed by atoms with van der Waals surface area (Å²) in [5, 5.41) is 2.98. The van der Waals surface area contributed by atoms with E-state index in [4.69, 9.17) is 9.47 Å². The fourth-order valence-electron chi connectivity index (χ4n) is 2.93. The van der Waals surface area contributed by atoms with Crippen molar-refractivity contribution < 1.29 is 19.1 Å². The number of halogens is 1. The van der Waals surface area contributed by atoms with E-state index in [1.807, 2.05) is 39.5 Å². The number of ether oxygens (including phenoxy) is 2. The van der Waals surface area contributed by atoms with E-state index in [-0.39, 0.29) is 17.8 Å². The number of aromatic nitrogens is 2. The lowest BCUT2D eigenvalue weighted by Gasteiger charge is -2.40. The van der Waals surface area contributed by atoms with Crippen LogP contribution < -0.4 is 10.2 Å². The Morgan fingerprint density at radius 1 is 1.25 bits per heavy atom. The molecular weight excluding hydrogens is 428 g/mol. The van der Waals surface area contributed by atoms with Crippen LogP contribution in [0.5, 0.6) is 0 Å². The molecule has 0 saturated carbocycles. The predicted molar refractivity (Wildman–Crippen MR) is 110 cm³/mol. The van der Waals surface area contributed by atoms with E-state index in [9.17, 15) is 9.59 Å². The molecule has 1 saturated heterocycles. The van der Waals surface area contributed by atoms with Gasteiger partial charge in [-0.3, -0.25) is 0 Å². The number of nitrogens with one attached hydrogen (secondary N) is 1. The molecule has 0 radical (unpaired) electrons. The summed E-state index contributed by atoms with van der Waals surface area (Å²) >= 11 is 3.33. The van der Waals surface area contributed by atoms with Crippen LogP contribution in [0.1, 0.15) is 63.6 Å². The Hall–Kier alpha value is -1.90. The van der Waals surface area contributed by atoms with Crippen LogP contribution >= 0.6 is 15.9 Å². The van der Waals surface area contributed by atoms with Gasteiger partial charge in [0.25, 0.3) is 0 Å². The van der Waals surface area contributed by atoms with Gasteiger partial charge in [-0.2, -0.15) is 0 Å². The number of alkyl carbamates (subject to hydrolysis) is 1. The third kappa shape index (κ3) is 5.80. The summed E-state index contributed by atoms with van der Waals surface area (Å²) in [6, 6.07) is 0. The highest BCUT2D eigenvalue weighted by molar-refractivity contribution is 9.10. The molecular formula is C19H29BrN4O4. The van der Waals surface area contributed by atoms with Crippen molar-refractivity contribution in [3.63, 3.8) is 0 Å². The molecule has 0 aromatic carbocycles. The molecule has 1 aliphatic heterocycles. The van der Waals surface area contributed by atoms with Crippen molar-refractivity contribution in [3.8, 4) is 0 Å². The van der Waals surface area contributed by atoms with Gasteiger partial charge in [0.05, 0.1) is 12.3 Å². The standard InChI is InChI=1S/C19H29BrN4O4/c1-7-27-16(25)13-15(21-12(2)14(20)22-13)24-10-8-19(6,9-11-24)23-17(26)28-18(3,4)5/h7-11H2,1-6H3,(H,23,26). The number of hydrogen-bond donors (Lipinski definition) is 1. The van der Waals surface area contributed by atoms with E-state index >= 15 is 0 Å². The Bertz CT molecular complexity index is 740. The molecule has 0 spiro atoms. The van der Waals surface area contributed by atoms with E-state index < -0.39 is 17.7 Å². The summed E-state index contributed by atoms with van der Waals surface area (Å²) in [4.78, 5) is 35.4. The van der Waals surface area contributed by atoms with Gasteiger partial charge in [-0.1, -0.05) is 0 Å². The third-order valence-corrected chi connectivity index (χ3v) is 5.18. The number of hydrogen-bond acceptors (Lipinski definition) is 7. The summed E-state index contributed by atoms with van der Waals surface area (Å²) in [5.41, 5.74) is -0.0349. The molecule has 8 nitrogen and oxygen atoms in total. The van der Waals surface area contributed by atoms with Gasteiger partial charge in [-0.05, 0) is 70.3 Å². The average molecular weight is 457 g/mol. The molecule has 1 aromatic rings. The van der Waals surface area contributed by atoms with E-state index in [1.54, 1.807) is 6.92 Å². The summed E-state index contributed by atoms with van der Waals surface area (Å²) in [7, 11) is 0. The molecule has 0 atom stereocenters. The SMILES string of the molecule is CCOC(=O)c1nc(Br)c(C)nc1N1CCC(C)(NC(=O)OC(C)(C)C)CC1. The molecule has 9 heteroatoms. The number of nitrogens with zero attached hydrogens (tertiary/aromatic N) is 3. The topological polar surface area (TPSA) is 93.6 Å². The molecule has 0 aliphatic carbocycles. The lowest BCUT2D eigenvalue weighted by Crippen LogP contribution is -2.54. The van der Waals surface area contributed by atoms with Crippen LogP contribution in [0.25, 0.3) is 0 Å². The number of anilines is 1. The Morgan fingerprint density at radius 2 is 1.86 bits per heavy atom. The summed E-state index contributed by atoms with van der Waals surface area (Å²) in [5.74, 6) is 0.0179. The maximum Gasteiger partial charge on any atom is 0.408 e. The fourth-order valence-corrected chi connectivity index (χ4v) is 3.20. The van der Waals surface area contributed by atoms with Crippen molar-refractivity contribution in [1.82, 2.24) is 15.3 Å². The van der Waals surface area contributed by atoms with Crippen LogP contribution in [-0.2, 0) is 9.47 Å². The first-order chi connectivity index (χ1) is 12.9. The molecule has 2 heterocycles. The van der Waals surface area contributed by atoms with Gasteiger partial charge in [0.1, 0.15) is 10.2 Å². The second-order valence-electron chi connectivity index (χ2n) is 8.17. The van der Waals surface area contributed by atoms with Crippen molar-refractivity contribution >= 4 is 33.8 Å². The number of amides is 1. The number of carbonyl (C=O) groups is 2. The molecule has 1 fully saturated rings. The third-order valence-electron chi connectivity index (χ3n) is 4.43. The highest BCUT2D eigenvalue weighted by atomic mass is 79.9. The molecule has 156 valence electrons. The van der Waals surface area contributed by atoms with E-state index in [1.165, 1.54) is 0 Å². The van der Waals surface area contributed by atoms with E-state index in [0.29, 0.717) is 42.0 Å². The minimum absolute atomic E-state index is 0.197. The molecule has 1 amide bonds. The lowest BCUT2D eigenvalue weighted by molar-refractivity contribution is 0.0447. The van der Waals surface area contributed by atoms with Gasteiger partial charge in [0.15, 0.2) is 11.5 Å². The number of aryl methyl sites for hydroxylation is 1. The van der Waals surface area contributed by atoms with E-state index in [0.717, 1.165) is 0 Å². The van der Waals surface area contributed by atoms with Gasteiger partial charge in [0, 0.05) is 18.6 Å². The number of carbonyl (C=O) groups excluding carboxylic acids is 2. The first-order valence-corrected chi connectivity index (χ1v) is 10.2. The summed E-state index contributed by atoms with van der Waals surface area (Å²) in [6.45, 7) is 12.6. The molecule has 0 bridgehead atoms. The number of esters is 1. The summed E-state index contributed by atoms with van der Waals surface area (Å²) < 4.78 is 11.0. The molecule has 2 rings (SSSR count). The Balaban J connectivity index is 2.13. The predicted octanol–water partition coefficient (Wildman–Crippen LogP) is 3.61. The Kier molecular flexibility index (Phi) is 6.90. The van der Waals surface area contributed by atoms with Crippen LogP contribution in [0.4, 0.5) is 10.6 Å². The van der Waals surface area contributed by atoms with Crippen molar-refractivity contribution in [3.05, 3.63) is 16.0 Å². The first kappa shape index (κ1) is 22.4. The Labute approximate surface area is 174 Å². The highest BCUT2D eigenvalue weighted by Crippen LogP contribution is 2.29. The lowest BCUT2D eigenvalue weighted by atomic mass is 9.89. The molecule has 1 aromatic heterocycles. The zero-order valence-corrected chi connectivity index (χ0v) is 19.0. The minimum Gasteiger partial charge on any atom is -0.461 e. The van der Waals surface area contributed by atoms with Gasteiger partial charge in [-0.25, -0.2) is 19.6 Å². The smallest absolute Gasteiger partial charge is 0.408 e. The first-order valence-electron chi connectivity index (χ1n) is 9.41. The van der Waals surface area contributed by atoms with Crippen LogP contribution in [0.2, 0.25) is 0 Å². The highest BCUT2D eigenvalue weighted by Gasteiger charge is 2.35.